The van der Waals surface area contributed by atoms with Crippen LogP contribution in [0.5, 0.6) is 0 Å². The fourth-order valence-corrected chi connectivity index (χ4v) is 1.98. The summed E-state index contributed by atoms with van der Waals surface area (Å²) in [5, 5.41) is 0. The standard InChI is InChI=1S/C15H14N2O4.C7H10.C2H6/c1-16(11-14(19)17-9-10-21-15(17)20)13(18)8-7-12-5-3-2-4-6-12;1-4-6-7(3)5-2;1-2/h2-6H,9-11H2,1H3;4-6H,1-2H2,3H3;1-2H3/b;7-6-;. The average Bonchev–Trinajstić information content (AvgIpc) is 3.20. The lowest BCUT2D eigenvalue weighted by atomic mass is 10.2. The van der Waals surface area contributed by atoms with Crippen molar-refractivity contribution in [3.8, 4) is 11.8 Å². The second kappa shape index (κ2) is 15.3. The van der Waals surface area contributed by atoms with Gasteiger partial charge in [0.15, 0.2) is 0 Å². The number of cyclic esters (lactones) is 1. The minimum Gasteiger partial charge on any atom is -0.447 e. The Morgan fingerprint density at radius 3 is 2.33 bits per heavy atom. The summed E-state index contributed by atoms with van der Waals surface area (Å²) in [5.41, 5.74) is 1.86. The van der Waals surface area contributed by atoms with Gasteiger partial charge in [0.05, 0.1) is 6.54 Å². The van der Waals surface area contributed by atoms with Crippen LogP contribution >= 0.6 is 0 Å². The number of nitrogens with zero attached hydrogens (tertiary/aromatic N) is 2. The molecular formula is C24H30N2O4. The first-order valence-electron chi connectivity index (χ1n) is 9.60. The first-order chi connectivity index (χ1) is 14.4. The van der Waals surface area contributed by atoms with Gasteiger partial charge in [0.25, 0.3) is 11.8 Å². The van der Waals surface area contributed by atoms with Crippen LogP contribution in [0.25, 0.3) is 0 Å². The third kappa shape index (κ3) is 10.1. The largest absolute Gasteiger partial charge is 0.447 e. The lowest BCUT2D eigenvalue weighted by Gasteiger charge is -2.16. The second-order valence-electron chi connectivity index (χ2n) is 5.79. The van der Waals surface area contributed by atoms with Gasteiger partial charge in [-0.05, 0) is 19.1 Å². The van der Waals surface area contributed by atoms with Gasteiger partial charge in [-0.15, -0.1) is 0 Å². The molecule has 1 aliphatic rings. The molecule has 1 aliphatic heterocycles. The van der Waals surface area contributed by atoms with Crippen molar-refractivity contribution in [3.63, 3.8) is 0 Å². The molecule has 0 radical (unpaired) electrons. The van der Waals surface area contributed by atoms with Gasteiger partial charge in [0.1, 0.15) is 13.2 Å². The van der Waals surface area contributed by atoms with E-state index < -0.39 is 17.9 Å². The average molecular weight is 411 g/mol. The smallest absolute Gasteiger partial charge is 0.416 e. The molecule has 0 saturated carbocycles. The molecule has 0 atom stereocenters. The zero-order valence-corrected chi connectivity index (χ0v) is 18.2. The Morgan fingerprint density at radius 2 is 1.87 bits per heavy atom. The Hall–Kier alpha value is -3.59. The summed E-state index contributed by atoms with van der Waals surface area (Å²) in [4.78, 5) is 37.0. The van der Waals surface area contributed by atoms with Gasteiger partial charge in [-0.2, -0.15) is 0 Å². The molecule has 1 heterocycles. The van der Waals surface area contributed by atoms with Gasteiger partial charge >= 0.3 is 6.09 Å². The van der Waals surface area contributed by atoms with Gasteiger partial charge in [0.2, 0.25) is 0 Å². The van der Waals surface area contributed by atoms with Gasteiger partial charge < -0.3 is 9.64 Å². The topological polar surface area (TPSA) is 66.9 Å². The summed E-state index contributed by atoms with van der Waals surface area (Å²) < 4.78 is 4.67. The monoisotopic (exact) mass is 410 g/mol. The molecule has 2 rings (SSSR count). The molecule has 6 heteroatoms. The maximum Gasteiger partial charge on any atom is 0.416 e. The van der Waals surface area contributed by atoms with Crippen molar-refractivity contribution in [1.29, 1.82) is 0 Å². The Balaban J connectivity index is 0.000000795. The van der Waals surface area contributed by atoms with Crippen LogP contribution < -0.4 is 0 Å². The van der Waals surface area contributed by atoms with Crippen molar-refractivity contribution in [2.24, 2.45) is 0 Å². The van der Waals surface area contributed by atoms with Crippen molar-refractivity contribution >= 4 is 17.9 Å². The normalized spacial score (nSPS) is 11.9. The molecule has 0 spiro atoms. The van der Waals surface area contributed by atoms with E-state index >= 15 is 0 Å². The van der Waals surface area contributed by atoms with Crippen LogP contribution in [-0.4, -0.2) is 54.5 Å². The highest BCUT2D eigenvalue weighted by Crippen LogP contribution is 2.04. The van der Waals surface area contributed by atoms with E-state index in [1.807, 2.05) is 45.0 Å². The number of likely N-dealkylation sites (N-methyl/N-ethyl adjacent to an activating group) is 1. The highest BCUT2D eigenvalue weighted by molar-refractivity contribution is 5.99. The number of hydrogen-bond acceptors (Lipinski definition) is 4. The van der Waals surface area contributed by atoms with Crippen LogP contribution in [0.4, 0.5) is 4.79 Å². The molecule has 30 heavy (non-hydrogen) atoms. The number of carbonyl (C=O) groups excluding carboxylic acids is 3. The Morgan fingerprint density at radius 1 is 1.23 bits per heavy atom. The minimum absolute atomic E-state index is 0.191. The zero-order chi connectivity index (χ0) is 22.9. The van der Waals surface area contributed by atoms with Crippen molar-refractivity contribution in [1.82, 2.24) is 9.80 Å². The van der Waals surface area contributed by atoms with Gasteiger partial charge in [-0.25, -0.2) is 9.69 Å². The van der Waals surface area contributed by atoms with E-state index in [-0.39, 0.29) is 19.7 Å². The van der Waals surface area contributed by atoms with E-state index in [9.17, 15) is 14.4 Å². The predicted molar refractivity (Wildman–Crippen MR) is 120 cm³/mol. The summed E-state index contributed by atoms with van der Waals surface area (Å²) >= 11 is 0. The first kappa shape index (κ1) is 26.4. The number of ether oxygens (including phenoxy) is 1. The van der Waals surface area contributed by atoms with Crippen LogP contribution in [0.2, 0.25) is 0 Å². The van der Waals surface area contributed by atoms with E-state index in [0.717, 1.165) is 10.5 Å². The molecule has 0 N–H and O–H groups in total. The zero-order valence-electron chi connectivity index (χ0n) is 18.2. The van der Waals surface area contributed by atoms with E-state index in [1.54, 1.807) is 24.3 Å². The Kier molecular flexibility index (Phi) is 13.5. The van der Waals surface area contributed by atoms with Crippen molar-refractivity contribution < 1.29 is 19.1 Å². The van der Waals surface area contributed by atoms with Crippen molar-refractivity contribution in [2.75, 3.05) is 26.7 Å². The number of amides is 3. The van der Waals surface area contributed by atoms with Crippen molar-refractivity contribution in [3.05, 3.63) is 72.9 Å². The van der Waals surface area contributed by atoms with E-state index in [4.69, 9.17) is 0 Å². The van der Waals surface area contributed by atoms with Crippen LogP contribution in [-0.2, 0) is 14.3 Å². The van der Waals surface area contributed by atoms with Gasteiger partial charge in [0, 0.05) is 18.5 Å². The Bertz CT molecular complexity index is 817. The molecule has 160 valence electrons. The van der Waals surface area contributed by atoms with E-state index in [0.29, 0.717) is 5.56 Å². The third-order valence-corrected chi connectivity index (χ3v) is 3.57. The molecule has 0 unspecified atom stereocenters. The highest BCUT2D eigenvalue weighted by Gasteiger charge is 2.29. The fourth-order valence-electron chi connectivity index (χ4n) is 1.98. The summed E-state index contributed by atoms with van der Waals surface area (Å²) in [6.45, 7) is 13.3. The highest BCUT2D eigenvalue weighted by atomic mass is 16.6. The number of rotatable bonds is 4. The van der Waals surface area contributed by atoms with Gasteiger partial charge in [-0.3, -0.25) is 9.59 Å². The van der Waals surface area contributed by atoms with Crippen LogP contribution in [0, 0.1) is 11.8 Å². The van der Waals surface area contributed by atoms with Crippen molar-refractivity contribution in [2.45, 2.75) is 20.8 Å². The second-order valence-corrected chi connectivity index (χ2v) is 5.79. The quantitative estimate of drug-likeness (QED) is 0.559. The summed E-state index contributed by atoms with van der Waals surface area (Å²) in [7, 11) is 1.46. The summed E-state index contributed by atoms with van der Waals surface area (Å²) in [5.74, 6) is 4.21. The third-order valence-electron chi connectivity index (χ3n) is 3.57. The van der Waals surface area contributed by atoms with Gasteiger partial charge in [-0.1, -0.05) is 74.9 Å². The predicted octanol–water partition coefficient (Wildman–Crippen LogP) is 3.81. The van der Waals surface area contributed by atoms with Crippen LogP contribution in [0.3, 0.4) is 0 Å². The van der Waals surface area contributed by atoms with Crippen LogP contribution in [0.1, 0.15) is 26.3 Å². The molecule has 3 amide bonds. The first-order valence-corrected chi connectivity index (χ1v) is 9.60. The fraction of sp³-hybridized carbons (Fsp3) is 0.292. The Labute approximate surface area is 179 Å². The molecule has 1 fully saturated rings. The number of hydrogen-bond donors (Lipinski definition) is 0. The van der Waals surface area contributed by atoms with Crippen LogP contribution in [0.15, 0.2) is 67.3 Å². The molecular weight excluding hydrogens is 380 g/mol. The molecule has 0 aromatic heterocycles. The number of benzene rings is 1. The number of carbonyl (C=O) groups is 3. The molecule has 0 aliphatic carbocycles. The SMILES string of the molecule is C=C/C=C(/C)C=C.CC.CN(CC(=O)N1CCOC1=O)C(=O)C#Cc1ccccc1. The number of imide groups is 1. The lowest BCUT2D eigenvalue weighted by Crippen LogP contribution is -2.41. The molecule has 1 aromatic rings. The minimum atomic E-state index is -0.670. The molecule has 1 saturated heterocycles. The lowest BCUT2D eigenvalue weighted by molar-refractivity contribution is -0.134. The van der Waals surface area contributed by atoms with E-state index in [2.05, 4.69) is 29.7 Å². The molecule has 1 aromatic carbocycles. The summed E-state index contributed by atoms with van der Waals surface area (Å²) in [6.07, 6.45) is 4.78. The summed E-state index contributed by atoms with van der Waals surface area (Å²) in [6, 6.07) is 9.06. The maximum absolute atomic E-state index is 11.8. The molecule has 6 nitrogen and oxygen atoms in total. The molecule has 0 bridgehead atoms. The van der Waals surface area contributed by atoms with E-state index in [1.165, 1.54) is 11.9 Å². The number of allylic oxidation sites excluding steroid dienone is 4. The maximum atomic E-state index is 11.8.